The van der Waals surface area contributed by atoms with E-state index in [-0.39, 0.29) is 12.5 Å². The SMILES string of the molecule is O=C(OCc1ccc(Cl)nc1)c1cccc(N2CCCC2=O)c1. The van der Waals surface area contributed by atoms with Gasteiger partial charge >= 0.3 is 5.97 Å². The third kappa shape index (κ3) is 3.68. The summed E-state index contributed by atoms with van der Waals surface area (Å²) in [6.07, 6.45) is 2.96. The fourth-order valence-corrected chi connectivity index (χ4v) is 2.56. The topological polar surface area (TPSA) is 59.5 Å². The number of rotatable bonds is 4. The maximum atomic E-state index is 12.2. The number of pyridine rings is 1. The Balaban J connectivity index is 1.67. The minimum Gasteiger partial charge on any atom is -0.457 e. The highest BCUT2D eigenvalue weighted by Gasteiger charge is 2.22. The number of carbonyl (C=O) groups excluding carboxylic acids is 2. The molecule has 1 aliphatic rings. The Hall–Kier alpha value is -2.40. The van der Waals surface area contributed by atoms with Crippen LogP contribution >= 0.6 is 11.6 Å². The van der Waals surface area contributed by atoms with Crippen LogP contribution in [0, 0.1) is 0 Å². The monoisotopic (exact) mass is 330 g/mol. The first-order chi connectivity index (χ1) is 11.1. The quantitative estimate of drug-likeness (QED) is 0.638. The van der Waals surface area contributed by atoms with Gasteiger partial charge in [-0.15, -0.1) is 0 Å². The molecular formula is C17H15ClN2O3. The molecule has 1 aromatic carbocycles. The number of benzene rings is 1. The largest absolute Gasteiger partial charge is 0.457 e. The molecule has 0 aliphatic carbocycles. The first-order valence-electron chi connectivity index (χ1n) is 7.31. The average Bonchev–Trinajstić information content (AvgIpc) is 3.00. The number of carbonyl (C=O) groups is 2. The van der Waals surface area contributed by atoms with Crippen molar-refractivity contribution in [2.75, 3.05) is 11.4 Å². The molecule has 0 bridgehead atoms. The zero-order valence-electron chi connectivity index (χ0n) is 12.4. The van der Waals surface area contributed by atoms with Gasteiger partial charge in [-0.05, 0) is 30.7 Å². The standard InChI is InChI=1S/C17H15ClN2O3/c18-15-7-6-12(10-19-15)11-23-17(22)13-3-1-4-14(9-13)20-8-2-5-16(20)21/h1,3-4,6-7,9-10H,2,5,8,11H2. The number of esters is 1. The van der Waals surface area contributed by atoms with Gasteiger partial charge in [0.2, 0.25) is 5.91 Å². The van der Waals surface area contributed by atoms with Crippen molar-refractivity contribution in [2.24, 2.45) is 0 Å². The van der Waals surface area contributed by atoms with Crippen LogP contribution in [-0.2, 0) is 16.1 Å². The molecule has 0 radical (unpaired) electrons. The molecule has 1 aliphatic heterocycles. The van der Waals surface area contributed by atoms with Crippen molar-refractivity contribution in [3.05, 3.63) is 58.9 Å². The summed E-state index contributed by atoms with van der Waals surface area (Å²) < 4.78 is 5.27. The maximum absolute atomic E-state index is 12.2. The third-order valence-electron chi connectivity index (χ3n) is 3.63. The smallest absolute Gasteiger partial charge is 0.338 e. The molecule has 0 saturated carbocycles. The summed E-state index contributed by atoms with van der Waals surface area (Å²) in [6, 6.07) is 10.3. The number of aromatic nitrogens is 1. The van der Waals surface area contributed by atoms with Crippen molar-refractivity contribution in [3.63, 3.8) is 0 Å². The lowest BCUT2D eigenvalue weighted by molar-refractivity contribution is -0.117. The van der Waals surface area contributed by atoms with Gasteiger partial charge in [0.25, 0.3) is 0 Å². The van der Waals surface area contributed by atoms with E-state index in [4.69, 9.17) is 16.3 Å². The zero-order chi connectivity index (χ0) is 16.2. The molecule has 1 saturated heterocycles. The van der Waals surface area contributed by atoms with Crippen molar-refractivity contribution in [1.82, 2.24) is 4.98 Å². The van der Waals surface area contributed by atoms with Crippen LogP contribution in [0.15, 0.2) is 42.6 Å². The Morgan fingerprint density at radius 1 is 1.30 bits per heavy atom. The summed E-state index contributed by atoms with van der Waals surface area (Å²) in [6.45, 7) is 0.809. The predicted octanol–water partition coefficient (Wildman–Crippen LogP) is 3.22. The number of ether oxygens (including phenoxy) is 1. The van der Waals surface area contributed by atoms with Crippen LogP contribution in [0.3, 0.4) is 0 Å². The Morgan fingerprint density at radius 2 is 2.17 bits per heavy atom. The Bertz CT molecular complexity index is 731. The van der Waals surface area contributed by atoms with E-state index in [2.05, 4.69) is 4.98 Å². The molecule has 0 spiro atoms. The number of anilines is 1. The highest BCUT2D eigenvalue weighted by molar-refractivity contribution is 6.29. The van der Waals surface area contributed by atoms with E-state index < -0.39 is 5.97 Å². The molecule has 1 fully saturated rings. The number of hydrogen-bond donors (Lipinski definition) is 0. The Kier molecular flexibility index (Phi) is 4.57. The third-order valence-corrected chi connectivity index (χ3v) is 3.85. The van der Waals surface area contributed by atoms with E-state index in [1.54, 1.807) is 41.4 Å². The van der Waals surface area contributed by atoms with Crippen molar-refractivity contribution in [3.8, 4) is 0 Å². The summed E-state index contributed by atoms with van der Waals surface area (Å²) >= 11 is 5.71. The molecule has 1 aromatic heterocycles. The zero-order valence-corrected chi connectivity index (χ0v) is 13.1. The molecule has 0 unspecified atom stereocenters. The summed E-state index contributed by atoms with van der Waals surface area (Å²) in [5.74, 6) is -0.351. The van der Waals surface area contributed by atoms with Gasteiger partial charge in [0.05, 0.1) is 5.56 Å². The molecular weight excluding hydrogens is 316 g/mol. The summed E-state index contributed by atoms with van der Waals surface area (Å²) in [5.41, 5.74) is 1.91. The first kappa shape index (κ1) is 15.5. The normalized spacial score (nSPS) is 14.1. The maximum Gasteiger partial charge on any atom is 0.338 e. The van der Waals surface area contributed by atoms with Crippen LogP contribution in [0.25, 0.3) is 0 Å². The van der Waals surface area contributed by atoms with Crippen molar-refractivity contribution in [1.29, 1.82) is 0 Å². The van der Waals surface area contributed by atoms with E-state index in [0.29, 0.717) is 23.7 Å². The van der Waals surface area contributed by atoms with Crippen LogP contribution in [0.1, 0.15) is 28.8 Å². The molecule has 5 nitrogen and oxygen atoms in total. The summed E-state index contributed by atoms with van der Waals surface area (Å²) in [7, 11) is 0. The molecule has 2 heterocycles. The lowest BCUT2D eigenvalue weighted by atomic mass is 10.2. The number of nitrogens with zero attached hydrogens (tertiary/aromatic N) is 2. The average molecular weight is 331 g/mol. The van der Waals surface area contributed by atoms with Gasteiger partial charge in [-0.2, -0.15) is 0 Å². The number of halogens is 1. The second kappa shape index (κ2) is 6.79. The van der Waals surface area contributed by atoms with Crippen LogP contribution < -0.4 is 4.90 Å². The van der Waals surface area contributed by atoms with E-state index in [1.165, 1.54) is 0 Å². The van der Waals surface area contributed by atoms with E-state index >= 15 is 0 Å². The lowest BCUT2D eigenvalue weighted by Crippen LogP contribution is -2.23. The second-order valence-electron chi connectivity index (χ2n) is 5.26. The first-order valence-corrected chi connectivity index (χ1v) is 7.69. The fourth-order valence-electron chi connectivity index (χ4n) is 2.45. The summed E-state index contributed by atoms with van der Waals surface area (Å²) in [4.78, 5) is 29.6. The van der Waals surface area contributed by atoms with E-state index in [1.807, 2.05) is 6.07 Å². The van der Waals surface area contributed by atoms with Gasteiger partial charge in [-0.3, -0.25) is 4.79 Å². The molecule has 23 heavy (non-hydrogen) atoms. The summed E-state index contributed by atoms with van der Waals surface area (Å²) in [5, 5.41) is 0.392. The molecule has 1 amide bonds. The second-order valence-corrected chi connectivity index (χ2v) is 5.65. The van der Waals surface area contributed by atoms with Crippen LogP contribution in [0.5, 0.6) is 0 Å². The van der Waals surface area contributed by atoms with Gasteiger partial charge in [0, 0.05) is 30.4 Å². The highest BCUT2D eigenvalue weighted by Crippen LogP contribution is 2.22. The predicted molar refractivity (Wildman–Crippen MR) is 86.4 cm³/mol. The Labute approximate surface area is 138 Å². The van der Waals surface area contributed by atoms with Gasteiger partial charge in [0.15, 0.2) is 0 Å². The molecule has 0 N–H and O–H groups in total. The van der Waals surface area contributed by atoms with Crippen LogP contribution in [0.4, 0.5) is 5.69 Å². The lowest BCUT2D eigenvalue weighted by Gasteiger charge is -2.16. The van der Waals surface area contributed by atoms with Crippen LogP contribution in [0.2, 0.25) is 5.15 Å². The minimum atomic E-state index is -0.437. The van der Waals surface area contributed by atoms with Crippen molar-refractivity contribution >= 4 is 29.2 Å². The van der Waals surface area contributed by atoms with E-state index in [9.17, 15) is 9.59 Å². The minimum absolute atomic E-state index is 0.0859. The highest BCUT2D eigenvalue weighted by atomic mass is 35.5. The molecule has 6 heteroatoms. The van der Waals surface area contributed by atoms with Crippen molar-refractivity contribution in [2.45, 2.75) is 19.4 Å². The van der Waals surface area contributed by atoms with Gasteiger partial charge in [-0.1, -0.05) is 23.7 Å². The number of amides is 1. The van der Waals surface area contributed by atoms with Gasteiger partial charge in [-0.25, -0.2) is 9.78 Å². The van der Waals surface area contributed by atoms with Crippen molar-refractivity contribution < 1.29 is 14.3 Å². The van der Waals surface area contributed by atoms with Gasteiger partial charge < -0.3 is 9.64 Å². The number of hydrogen-bond acceptors (Lipinski definition) is 4. The molecule has 118 valence electrons. The molecule has 2 aromatic rings. The van der Waals surface area contributed by atoms with Crippen LogP contribution in [-0.4, -0.2) is 23.4 Å². The Morgan fingerprint density at radius 3 is 2.87 bits per heavy atom. The fraction of sp³-hybridized carbons (Fsp3) is 0.235. The molecule has 3 rings (SSSR count). The molecule has 0 atom stereocenters. The van der Waals surface area contributed by atoms with Gasteiger partial charge in [0.1, 0.15) is 11.8 Å². The van der Waals surface area contributed by atoms with E-state index in [0.717, 1.165) is 17.7 Å².